The first-order chi connectivity index (χ1) is 9.72. The Morgan fingerprint density at radius 2 is 1.90 bits per heavy atom. The molecule has 1 unspecified atom stereocenters. The molecule has 0 radical (unpaired) electrons. The van der Waals surface area contributed by atoms with E-state index in [9.17, 15) is 0 Å². The molecular formula is C16H18ClNO2. The van der Waals surface area contributed by atoms with Crippen LogP contribution < -0.4 is 10.5 Å². The van der Waals surface area contributed by atoms with Crippen molar-refractivity contribution < 1.29 is 9.47 Å². The molecule has 0 aromatic heterocycles. The van der Waals surface area contributed by atoms with E-state index in [1.54, 1.807) is 7.11 Å². The maximum atomic E-state index is 5.99. The summed E-state index contributed by atoms with van der Waals surface area (Å²) < 4.78 is 11.0. The Balaban J connectivity index is 1.99. The maximum absolute atomic E-state index is 5.99. The number of halogens is 1. The molecule has 0 amide bonds. The van der Waals surface area contributed by atoms with Crippen LogP contribution in [0.15, 0.2) is 48.5 Å². The number of benzene rings is 2. The van der Waals surface area contributed by atoms with Crippen molar-refractivity contribution in [1.82, 2.24) is 0 Å². The Morgan fingerprint density at radius 3 is 2.50 bits per heavy atom. The molecule has 2 aromatic carbocycles. The number of rotatable bonds is 6. The first kappa shape index (κ1) is 14.9. The zero-order valence-electron chi connectivity index (χ0n) is 11.4. The molecule has 106 valence electrons. The minimum absolute atomic E-state index is 0.157. The normalized spacial score (nSPS) is 12.2. The molecule has 0 spiro atoms. The highest BCUT2D eigenvalue weighted by Gasteiger charge is 2.10. The smallest absolute Gasteiger partial charge is 0.118 e. The summed E-state index contributed by atoms with van der Waals surface area (Å²) in [6.45, 7) is 0.912. The topological polar surface area (TPSA) is 44.5 Å². The highest BCUT2D eigenvalue weighted by Crippen LogP contribution is 2.22. The summed E-state index contributed by atoms with van der Waals surface area (Å²) in [5.41, 5.74) is 7.85. The molecule has 2 aromatic rings. The zero-order valence-corrected chi connectivity index (χ0v) is 12.1. The van der Waals surface area contributed by atoms with Crippen molar-refractivity contribution in [2.45, 2.75) is 12.7 Å². The molecule has 0 fully saturated rings. The Kier molecular flexibility index (Phi) is 5.41. The predicted octanol–water partition coefficient (Wildman–Crippen LogP) is 3.57. The second-order valence-corrected chi connectivity index (χ2v) is 4.87. The van der Waals surface area contributed by atoms with Crippen LogP contribution in [0, 0.1) is 0 Å². The Hall–Kier alpha value is -1.55. The summed E-state index contributed by atoms with van der Waals surface area (Å²) in [5, 5.41) is 0.689. The summed E-state index contributed by atoms with van der Waals surface area (Å²) >= 11 is 5.99. The minimum Gasteiger partial charge on any atom is -0.497 e. The van der Waals surface area contributed by atoms with E-state index >= 15 is 0 Å². The SMILES string of the molecule is COc1ccc(COC(CN)c2cccc(Cl)c2)cc1. The Morgan fingerprint density at radius 1 is 1.15 bits per heavy atom. The van der Waals surface area contributed by atoms with Gasteiger partial charge in [-0.25, -0.2) is 0 Å². The van der Waals surface area contributed by atoms with Crippen LogP contribution in [0.25, 0.3) is 0 Å². The van der Waals surface area contributed by atoms with Crippen LogP contribution in [0.3, 0.4) is 0 Å². The van der Waals surface area contributed by atoms with Gasteiger partial charge in [-0.3, -0.25) is 0 Å². The fraction of sp³-hybridized carbons (Fsp3) is 0.250. The van der Waals surface area contributed by atoms with E-state index < -0.39 is 0 Å². The van der Waals surface area contributed by atoms with Crippen molar-refractivity contribution in [3.63, 3.8) is 0 Å². The van der Waals surface area contributed by atoms with Gasteiger partial charge < -0.3 is 15.2 Å². The van der Waals surface area contributed by atoms with E-state index in [4.69, 9.17) is 26.8 Å². The number of hydrogen-bond donors (Lipinski definition) is 1. The fourth-order valence-electron chi connectivity index (χ4n) is 1.93. The molecule has 0 aliphatic rings. The third-order valence-electron chi connectivity index (χ3n) is 3.04. The quantitative estimate of drug-likeness (QED) is 0.885. The van der Waals surface area contributed by atoms with E-state index in [-0.39, 0.29) is 6.10 Å². The van der Waals surface area contributed by atoms with Gasteiger partial charge in [-0.05, 0) is 35.4 Å². The fourth-order valence-corrected chi connectivity index (χ4v) is 2.12. The Bertz CT molecular complexity index is 542. The summed E-state index contributed by atoms with van der Waals surface area (Å²) in [6, 6.07) is 15.4. The van der Waals surface area contributed by atoms with Crippen LogP contribution >= 0.6 is 11.6 Å². The average Bonchev–Trinajstić information content (AvgIpc) is 2.48. The van der Waals surface area contributed by atoms with E-state index in [2.05, 4.69) is 0 Å². The lowest BCUT2D eigenvalue weighted by atomic mass is 10.1. The highest BCUT2D eigenvalue weighted by atomic mass is 35.5. The van der Waals surface area contributed by atoms with Crippen molar-refractivity contribution in [2.24, 2.45) is 5.73 Å². The first-order valence-corrected chi connectivity index (χ1v) is 6.81. The van der Waals surface area contributed by atoms with Gasteiger partial charge >= 0.3 is 0 Å². The number of hydrogen-bond acceptors (Lipinski definition) is 3. The molecule has 0 saturated carbocycles. The molecule has 2 N–H and O–H groups in total. The molecule has 0 heterocycles. The van der Waals surface area contributed by atoms with Crippen LogP contribution in [0.2, 0.25) is 5.02 Å². The summed E-state index contributed by atoms with van der Waals surface area (Å²) in [4.78, 5) is 0. The molecule has 20 heavy (non-hydrogen) atoms. The van der Waals surface area contributed by atoms with Crippen LogP contribution in [0.4, 0.5) is 0 Å². The van der Waals surface area contributed by atoms with E-state index in [1.807, 2.05) is 48.5 Å². The van der Waals surface area contributed by atoms with E-state index in [0.717, 1.165) is 16.9 Å². The third kappa shape index (κ3) is 3.97. The van der Waals surface area contributed by atoms with Crippen LogP contribution in [0.5, 0.6) is 5.75 Å². The highest BCUT2D eigenvalue weighted by molar-refractivity contribution is 6.30. The van der Waals surface area contributed by atoms with Crippen molar-refractivity contribution in [3.8, 4) is 5.75 Å². The van der Waals surface area contributed by atoms with Gasteiger partial charge in [0.15, 0.2) is 0 Å². The number of methoxy groups -OCH3 is 1. The molecule has 0 aliphatic heterocycles. The molecule has 0 bridgehead atoms. The van der Waals surface area contributed by atoms with Crippen molar-refractivity contribution in [2.75, 3.05) is 13.7 Å². The average molecular weight is 292 g/mol. The lowest BCUT2D eigenvalue weighted by Crippen LogP contribution is -2.15. The summed E-state index contributed by atoms with van der Waals surface area (Å²) in [6.07, 6.45) is -0.157. The molecular weight excluding hydrogens is 274 g/mol. The third-order valence-corrected chi connectivity index (χ3v) is 3.28. The molecule has 3 nitrogen and oxygen atoms in total. The van der Waals surface area contributed by atoms with Gasteiger partial charge in [0.25, 0.3) is 0 Å². The number of nitrogens with two attached hydrogens (primary N) is 1. The van der Waals surface area contributed by atoms with Crippen LogP contribution in [-0.2, 0) is 11.3 Å². The second-order valence-electron chi connectivity index (χ2n) is 4.44. The van der Waals surface area contributed by atoms with Gasteiger partial charge in [-0.2, -0.15) is 0 Å². The largest absolute Gasteiger partial charge is 0.497 e. The van der Waals surface area contributed by atoms with E-state index in [1.165, 1.54) is 0 Å². The summed E-state index contributed by atoms with van der Waals surface area (Å²) in [5.74, 6) is 0.832. The zero-order chi connectivity index (χ0) is 14.4. The molecule has 0 aliphatic carbocycles. The van der Waals surface area contributed by atoms with Gasteiger partial charge in [0.05, 0.1) is 19.8 Å². The second kappa shape index (κ2) is 7.29. The van der Waals surface area contributed by atoms with Gasteiger partial charge in [0, 0.05) is 11.6 Å². The number of ether oxygens (including phenoxy) is 2. The minimum atomic E-state index is -0.157. The standard InChI is InChI=1S/C16H18ClNO2/c1-19-15-7-5-12(6-8-15)11-20-16(10-18)13-3-2-4-14(17)9-13/h2-9,16H,10-11,18H2,1H3. The lowest BCUT2D eigenvalue weighted by molar-refractivity contribution is 0.0456. The molecule has 0 saturated heterocycles. The lowest BCUT2D eigenvalue weighted by Gasteiger charge is -2.17. The van der Waals surface area contributed by atoms with Crippen molar-refractivity contribution in [1.29, 1.82) is 0 Å². The molecule has 1 atom stereocenters. The first-order valence-electron chi connectivity index (χ1n) is 6.43. The molecule has 2 rings (SSSR count). The van der Waals surface area contributed by atoms with Crippen LogP contribution in [0.1, 0.15) is 17.2 Å². The summed E-state index contributed by atoms with van der Waals surface area (Å²) in [7, 11) is 1.65. The van der Waals surface area contributed by atoms with Gasteiger partial charge in [-0.15, -0.1) is 0 Å². The van der Waals surface area contributed by atoms with Crippen molar-refractivity contribution in [3.05, 3.63) is 64.7 Å². The van der Waals surface area contributed by atoms with Crippen LogP contribution in [-0.4, -0.2) is 13.7 Å². The van der Waals surface area contributed by atoms with Crippen molar-refractivity contribution >= 4 is 11.6 Å². The van der Waals surface area contributed by atoms with Gasteiger partial charge in [0.2, 0.25) is 0 Å². The maximum Gasteiger partial charge on any atom is 0.118 e. The Labute approximate surface area is 124 Å². The van der Waals surface area contributed by atoms with Gasteiger partial charge in [-0.1, -0.05) is 35.9 Å². The van der Waals surface area contributed by atoms with Gasteiger partial charge in [0.1, 0.15) is 5.75 Å². The predicted molar refractivity (Wildman–Crippen MR) is 81.0 cm³/mol. The molecule has 4 heteroatoms. The monoisotopic (exact) mass is 291 g/mol. The van der Waals surface area contributed by atoms with E-state index in [0.29, 0.717) is 18.2 Å².